The topological polar surface area (TPSA) is 46.8 Å². The molecular weight excluding hydrogens is 366 g/mol. The molecule has 1 aromatic carbocycles. The van der Waals surface area contributed by atoms with E-state index in [4.69, 9.17) is 11.6 Å². The molecule has 0 bridgehead atoms. The zero-order valence-corrected chi connectivity index (χ0v) is 17.1. The Morgan fingerprint density at radius 2 is 1.77 bits per heavy atom. The second-order valence-electron chi connectivity index (χ2n) is 6.72. The van der Waals surface area contributed by atoms with Crippen molar-refractivity contribution in [3.05, 3.63) is 41.8 Å². The lowest BCUT2D eigenvalue weighted by Crippen LogP contribution is -2.38. The van der Waals surface area contributed by atoms with Gasteiger partial charge in [0.25, 0.3) is 0 Å². The Kier molecular flexibility index (Phi) is 6.16. The highest BCUT2D eigenvalue weighted by atomic mass is 35.5. The minimum Gasteiger partial charge on any atom is -0.298 e. The first-order valence-electron chi connectivity index (χ1n) is 8.80. The number of thioether (sulfide) groups is 1. The SMILES string of the molecule is CC(C)N(CCSc1ncnc2c1cnn2-c1ccc(Cl)cc1)C(C)C. The number of fused-ring (bicyclic) bond motifs is 1. The fourth-order valence-electron chi connectivity index (χ4n) is 3.07. The molecule has 0 N–H and O–H groups in total. The maximum atomic E-state index is 5.98. The lowest BCUT2D eigenvalue weighted by Gasteiger charge is -2.30. The van der Waals surface area contributed by atoms with E-state index >= 15 is 0 Å². The standard InChI is InChI=1S/C19H24ClN5S/c1-13(2)24(14(3)4)9-10-26-19-17-11-23-25(18(17)21-12-22-19)16-7-5-15(20)6-8-16/h5-8,11-14H,9-10H2,1-4H3. The van der Waals surface area contributed by atoms with E-state index in [0.29, 0.717) is 17.1 Å². The normalized spacial score (nSPS) is 12.0. The Morgan fingerprint density at radius 3 is 2.42 bits per heavy atom. The van der Waals surface area contributed by atoms with Gasteiger partial charge in [-0.2, -0.15) is 5.10 Å². The summed E-state index contributed by atoms with van der Waals surface area (Å²) in [6.07, 6.45) is 3.45. The number of rotatable bonds is 7. The quantitative estimate of drug-likeness (QED) is 0.433. The van der Waals surface area contributed by atoms with Crippen LogP contribution in [0.4, 0.5) is 0 Å². The van der Waals surface area contributed by atoms with E-state index in [-0.39, 0.29) is 0 Å². The van der Waals surface area contributed by atoms with Crippen LogP contribution < -0.4 is 0 Å². The molecule has 138 valence electrons. The number of nitrogens with zero attached hydrogens (tertiary/aromatic N) is 5. The third-order valence-corrected chi connectivity index (χ3v) is 5.55. The van der Waals surface area contributed by atoms with Crippen LogP contribution in [0.1, 0.15) is 27.7 Å². The second-order valence-corrected chi connectivity index (χ2v) is 8.24. The zero-order chi connectivity index (χ0) is 18.7. The van der Waals surface area contributed by atoms with E-state index in [2.05, 4.69) is 47.7 Å². The predicted octanol–water partition coefficient (Wildman–Crippen LogP) is 4.68. The fraction of sp³-hybridized carbons (Fsp3) is 0.421. The molecule has 26 heavy (non-hydrogen) atoms. The molecule has 0 amide bonds. The Labute approximate surface area is 163 Å². The molecule has 3 rings (SSSR count). The third kappa shape index (κ3) is 4.19. The van der Waals surface area contributed by atoms with Crippen molar-refractivity contribution in [1.29, 1.82) is 0 Å². The molecule has 0 fully saturated rings. The summed E-state index contributed by atoms with van der Waals surface area (Å²) in [6, 6.07) is 8.66. The summed E-state index contributed by atoms with van der Waals surface area (Å²) in [5.74, 6) is 0.981. The van der Waals surface area contributed by atoms with Gasteiger partial charge in [0.2, 0.25) is 0 Å². The lowest BCUT2D eigenvalue weighted by atomic mass is 10.2. The molecule has 0 radical (unpaired) electrons. The molecule has 0 saturated heterocycles. The van der Waals surface area contributed by atoms with Crippen LogP contribution in [-0.4, -0.2) is 49.0 Å². The smallest absolute Gasteiger partial charge is 0.167 e. The Bertz CT molecular complexity index is 852. The molecule has 0 aliphatic carbocycles. The van der Waals surface area contributed by atoms with E-state index in [9.17, 15) is 0 Å². The highest BCUT2D eigenvalue weighted by molar-refractivity contribution is 7.99. The molecule has 0 spiro atoms. The summed E-state index contributed by atoms with van der Waals surface area (Å²) in [5.41, 5.74) is 1.75. The Morgan fingerprint density at radius 1 is 1.08 bits per heavy atom. The van der Waals surface area contributed by atoms with E-state index in [1.54, 1.807) is 18.1 Å². The highest BCUT2D eigenvalue weighted by Crippen LogP contribution is 2.26. The van der Waals surface area contributed by atoms with Crippen LogP contribution in [0.3, 0.4) is 0 Å². The van der Waals surface area contributed by atoms with Crippen molar-refractivity contribution in [1.82, 2.24) is 24.6 Å². The fourth-order valence-corrected chi connectivity index (χ4v) is 4.11. The van der Waals surface area contributed by atoms with Crippen molar-refractivity contribution in [2.45, 2.75) is 44.8 Å². The molecule has 0 atom stereocenters. The van der Waals surface area contributed by atoms with Crippen molar-refractivity contribution in [2.75, 3.05) is 12.3 Å². The molecule has 0 unspecified atom stereocenters. The number of benzene rings is 1. The van der Waals surface area contributed by atoms with Crippen molar-refractivity contribution >= 4 is 34.4 Å². The molecular formula is C19H24ClN5S. The number of hydrogen-bond donors (Lipinski definition) is 0. The number of hydrogen-bond acceptors (Lipinski definition) is 5. The van der Waals surface area contributed by atoms with Crippen LogP contribution in [0.25, 0.3) is 16.7 Å². The number of aromatic nitrogens is 4. The first kappa shape index (κ1) is 19.1. The molecule has 2 heterocycles. The second kappa shape index (κ2) is 8.37. The zero-order valence-electron chi connectivity index (χ0n) is 15.6. The summed E-state index contributed by atoms with van der Waals surface area (Å²) in [7, 11) is 0. The minimum absolute atomic E-state index is 0.536. The van der Waals surface area contributed by atoms with E-state index in [0.717, 1.165) is 34.0 Å². The van der Waals surface area contributed by atoms with E-state index in [1.807, 2.05) is 35.1 Å². The van der Waals surface area contributed by atoms with Gasteiger partial charge in [-0.15, -0.1) is 11.8 Å². The average molecular weight is 390 g/mol. The van der Waals surface area contributed by atoms with Crippen molar-refractivity contribution in [3.8, 4) is 5.69 Å². The van der Waals surface area contributed by atoms with Crippen LogP contribution in [-0.2, 0) is 0 Å². The Balaban J connectivity index is 1.79. The lowest BCUT2D eigenvalue weighted by molar-refractivity contribution is 0.187. The minimum atomic E-state index is 0.536. The molecule has 0 aliphatic rings. The molecule has 2 aromatic heterocycles. The van der Waals surface area contributed by atoms with Gasteiger partial charge < -0.3 is 0 Å². The van der Waals surface area contributed by atoms with Crippen LogP contribution in [0.2, 0.25) is 5.02 Å². The van der Waals surface area contributed by atoms with Gasteiger partial charge in [-0.05, 0) is 52.0 Å². The maximum Gasteiger partial charge on any atom is 0.167 e. The summed E-state index contributed by atoms with van der Waals surface area (Å²) < 4.78 is 1.83. The van der Waals surface area contributed by atoms with Gasteiger partial charge in [0, 0.05) is 29.4 Å². The molecule has 5 nitrogen and oxygen atoms in total. The van der Waals surface area contributed by atoms with Crippen molar-refractivity contribution in [2.24, 2.45) is 0 Å². The first-order valence-corrected chi connectivity index (χ1v) is 10.2. The average Bonchev–Trinajstić information content (AvgIpc) is 3.03. The van der Waals surface area contributed by atoms with Crippen LogP contribution in [0.15, 0.2) is 41.8 Å². The van der Waals surface area contributed by atoms with Gasteiger partial charge in [-0.1, -0.05) is 11.6 Å². The largest absolute Gasteiger partial charge is 0.298 e. The predicted molar refractivity (Wildman–Crippen MR) is 109 cm³/mol. The van der Waals surface area contributed by atoms with E-state index in [1.165, 1.54) is 0 Å². The summed E-state index contributed by atoms with van der Waals surface area (Å²) in [6.45, 7) is 9.98. The molecule has 3 aromatic rings. The highest BCUT2D eigenvalue weighted by Gasteiger charge is 2.15. The summed E-state index contributed by atoms with van der Waals surface area (Å²) in [4.78, 5) is 11.4. The van der Waals surface area contributed by atoms with Gasteiger partial charge in [0.15, 0.2) is 5.65 Å². The molecule has 0 saturated carbocycles. The van der Waals surface area contributed by atoms with E-state index < -0.39 is 0 Å². The van der Waals surface area contributed by atoms with Gasteiger partial charge in [-0.25, -0.2) is 14.6 Å². The molecule has 7 heteroatoms. The summed E-state index contributed by atoms with van der Waals surface area (Å²) >= 11 is 7.74. The van der Waals surface area contributed by atoms with Gasteiger partial charge >= 0.3 is 0 Å². The molecule has 0 aliphatic heterocycles. The first-order chi connectivity index (χ1) is 12.5. The van der Waals surface area contributed by atoms with Gasteiger partial charge in [-0.3, -0.25) is 4.90 Å². The third-order valence-electron chi connectivity index (χ3n) is 4.32. The number of halogens is 1. The van der Waals surface area contributed by atoms with Crippen LogP contribution in [0.5, 0.6) is 0 Å². The van der Waals surface area contributed by atoms with Crippen LogP contribution in [0, 0.1) is 0 Å². The van der Waals surface area contributed by atoms with Crippen molar-refractivity contribution in [3.63, 3.8) is 0 Å². The van der Waals surface area contributed by atoms with Gasteiger partial charge in [0.05, 0.1) is 17.3 Å². The maximum absolute atomic E-state index is 5.98. The van der Waals surface area contributed by atoms with Gasteiger partial charge in [0.1, 0.15) is 11.4 Å². The monoisotopic (exact) mass is 389 g/mol. The van der Waals surface area contributed by atoms with Crippen molar-refractivity contribution < 1.29 is 0 Å². The summed E-state index contributed by atoms with van der Waals surface area (Å²) in [5, 5.41) is 7.16. The Hall–Kier alpha value is -1.63. The van der Waals surface area contributed by atoms with Crippen LogP contribution >= 0.6 is 23.4 Å².